The lowest BCUT2D eigenvalue weighted by Gasteiger charge is -2.47. The molecule has 0 aromatic rings. The van der Waals surface area contributed by atoms with Crippen LogP contribution in [-0.4, -0.2) is 214 Å². The van der Waals surface area contributed by atoms with Gasteiger partial charge in [-0.05, 0) is 6.42 Å². The first-order chi connectivity index (χ1) is 25.0. The Hall–Kier alpha value is -0.960. The average molecular weight is 775 g/mol. The molecule has 53 heavy (non-hydrogen) atoms. The smallest absolute Gasteiger partial charge is 0.187 e. The summed E-state index contributed by atoms with van der Waals surface area (Å²) in [5, 5.41) is 85.7. The minimum atomic E-state index is -1.73. The number of rotatable bonds is 12. The molecule has 0 aromatic heterocycles. The Morgan fingerprint density at radius 2 is 0.868 bits per heavy atom. The summed E-state index contributed by atoms with van der Waals surface area (Å²) in [6.07, 6.45) is -26.7. The second-order valence-electron chi connectivity index (χ2n) is 14.2. The van der Waals surface area contributed by atoms with Crippen LogP contribution in [0.5, 0.6) is 0 Å². The molecule has 0 bridgehead atoms. The van der Waals surface area contributed by atoms with Crippen molar-refractivity contribution in [3.05, 3.63) is 0 Å². The fraction of sp³-hybridized carbons (Fsp3) is 1.00. The van der Waals surface area contributed by atoms with Crippen LogP contribution in [0.3, 0.4) is 0 Å². The zero-order chi connectivity index (χ0) is 39.0. The first-order valence-electron chi connectivity index (χ1n) is 17.6. The summed E-state index contributed by atoms with van der Waals surface area (Å²) in [5.74, 6) is 0. The first kappa shape index (κ1) is 43.2. The molecule has 0 amide bonds. The molecule has 310 valence electrons. The molecule has 4 aliphatic heterocycles. The second kappa shape index (κ2) is 18.1. The number of ether oxygens (including phenoxy) is 8. The standard InChI is InChI=1S/C29H58N8O16/c30-2-8-12(35)18(41)21(44)28(47-8)46-5-11-24(52-27-14(37)20(43)17(40)10(4-32)49-27)22(45)29(50-11)53-25-15(38)6(33)1-7(34)23(25)51-26-13(36)19(42)16(39)9(3-31)48-26/h6-29,38-45H,1-5,30-37H2/t6-,7+,8-,9-,10+,11-,12-,13-,14-,15+,16-,17-,18+,19-,20-,21-,22-,23-,24-,25-,26-,27-,28-,29+/m1/s1. The summed E-state index contributed by atoms with van der Waals surface area (Å²) in [5.41, 5.74) is 47.9. The first-order valence-corrected chi connectivity index (χ1v) is 17.6. The van der Waals surface area contributed by atoms with Crippen LogP contribution >= 0.6 is 0 Å². The Kier molecular flexibility index (Phi) is 14.7. The van der Waals surface area contributed by atoms with Gasteiger partial charge in [-0.25, -0.2) is 0 Å². The predicted molar refractivity (Wildman–Crippen MR) is 175 cm³/mol. The van der Waals surface area contributed by atoms with Crippen molar-refractivity contribution in [1.29, 1.82) is 0 Å². The van der Waals surface area contributed by atoms with E-state index in [1.807, 2.05) is 0 Å². The maximum atomic E-state index is 11.6. The maximum Gasteiger partial charge on any atom is 0.187 e. The summed E-state index contributed by atoms with van der Waals surface area (Å²) in [6.45, 7) is -1.04. The lowest BCUT2D eigenvalue weighted by molar-refractivity contribution is -0.308. The molecular weight excluding hydrogens is 716 g/mol. The van der Waals surface area contributed by atoms with Gasteiger partial charge in [-0.15, -0.1) is 0 Å². The van der Waals surface area contributed by atoms with Crippen molar-refractivity contribution in [2.45, 2.75) is 153 Å². The lowest BCUT2D eigenvalue weighted by Crippen LogP contribution is -2.68. The van der Waals surface area contributed by atoms with Gasteiger partial charge in [0, 0.05) is 31.7 Å². The summed E-state index contributed by atoms with van der Waals surface area (Å²) in [4.78, 5) is 0. The molecule has 5 rings (SSSR count). The van der Waals surface area contributed by atoms with E-state index in [4.69, 9.17) is 83.8 Å². The van der Waals surface area contributed by atoms with Gasteiger partial charge in [-0.1, -0.05) is 0 Å². The van der Waals surface area contributed by atoms with Gasteiger partial charge >= 0.3 is 0 Å². The van der Waals surface area contributed by atoms with Gasteiger partial charge < -0.3 is 125 Å². The Labute approximate surface area is 304 Å². The van der Waals surface area contributed by atoms with Crippen LogP contribution < -0.4 is 45.9 Å². The molecule has 0 spiro atoms. The highest BCUT2D eigenvalue weighted by molar-refractivity contribution is 5.02. The van der Waals surface area contributed by atoms with Crippen LogP contribution in [-0.2, 0) is 37.9 Å². The minimum absolute atomic E-state index is 0.0336. The third kappa shape index (κ3) is 8.81. The Bertz CT molecular complexity index is 1160. The zero-order valence-corrected chi connectivity index (χ0v) is 28.9. The third-order valence-electron chi connectivity index (χ3n) is 10.6. The summed E-state index contributed by atoms with van der Waals surface area (Å²) in [7, 11) is 0. The van der Waals surface area contributed by atoms with Gasteiger partial charge in [-0.3, -0.25) is 0 Å². The van der Waals surface area contributed by atoms with Crippen molar-refractivity contribution >= 4 is 0 Å². The van der Waals surface area contributed by atoms with E-state index < -0.39 is 154 Å². The van der Waals surface area contributed by atoms with Crippen molar-refractivity contribution in [3.63, 3.8) is 0 Å². The van der Waals surface area contributed by atoms with Gasteiger partial charge in [0.1, 0.15) is 79.4 Å². The zero-order valence-electron chi connectivity index (χ0n) is 28.9. The van der Waals surface area contributed by atoms with Crippen molar-refractivity contribution < 1.29 is 78.7 Å². The molecule has 4 heterocycles. The Balaban J connectivity index is 1.37. The van der Waals surface area contributed by atoms with E-state index in [1.54, 1.807) is 0 Å². The summed E-state index contributed by atoms with van der Waals surface area (Å²) in [6, 6.07) is -5.51. The Morgan fingerprint density at radius 3 is 1.40 bits per heavy atom. The van der Waals surface area contributed by atoms with E-state index in [1.165, 1.54) is 0 Å². The summed E-state index contributed by atoms with van der Waals surface area (Å²) >= 11 is 0. The van der Waals surface area contributed by atoms with Crippen LogP contribution in [0.25, 0.3) is 0 Å². The molecule has 0 radical (unpaired) electrons. The lowest BCUT2D eigenvalue weighted by atomic mass is 9.84. The quantitative estimate of drug-likeness (QED) is 0.0875. The molecule has 5 aliphatic rings. The highest BCUT2D eigenvalue weighted by Crippen LogP contribution is 2.35. The fourth-order valence-corrected chi connectivity index (χ4v) is 7.22. The van der Waals surface area contributed by atoms with Crippen molar-refractivity contribution in [2.24, 2.45) is 45.9 Å². The van der Waals surface area contributed by atoms with Crippen molar-refractivity contribution in [2.75, 3.05) is 26.2 Å². The SMILES string of the molecule is NC[C@@H]1O[C@H](O[C@H]2[C@@H](O)[C@H](O[C@@H]3[C@@H](O)[C@H](N)C[C@H](N)[C@H]3O[C@H]3O[C@H](CN)[C@@H](O)[C@H](O)[C@H]3N)O[C@@H]2CO[C@@H]2O[C@H](CN)[C@@H](N)[C@H](O)[C@H]2O)[C@H](N)[C@@H](O)[C@@H]1O. The number of aliphatic hydroxyl groups excluding tert-OH is 8. The molecule has 24 nitrogen and oxygen atoms in total. The van der Waals surface area contributed by atoms with Crippen molar-refractivity contribution in [3.8, 4) is 0 Å². The number of hydrogen-bond acceptors (Lipinski definition) is 24. The topological polar surface area (TPSA) is 444 Å². The average Bonchev–Trinajstić information content (AvgIpc) is 3.43. The van der Waals surface area contributed by atoms with Gasteiger partial charge in [0.2, 0.25) is 0 Å². The molecule has 24 heteroatoms. The van der Waals surface area contributed by atoms with Gasteiger partial charge in [0.25, 0.3) is 0 Å². The summed E-state index contributed by atoms with van der Waals surface area (Å²) < 4.78 is 47.1. The molecule has 24 N–H and O–H groups in total. The largest absolute Gasteiger partial charge is 0.389 e. The van der Waals surface area contributed by atoms with Crippen LogP contribution in [0.1, 0.15) is 6.42 Å². The molecule has 24 atom stereocenters. The molecule has 0 aromatic carbocycles. The van der Waals surface area contributed by atoms with E-state index >= 15 is 0 Å². The highest BCUT2D eigenvalue weighted by atomic mass is 16.8. The van der Waals surface area contributed by atoms with Gasteiger partial charge in [-0.2, -0.15) is 0 Å². The van der Waals surface area contributed by atoms with E-state index in [9.17, 15) is 40.9 Å². The van der Waals surface area contributed by atoms with E-state index in [2.05, 4.69) is 0 Å². The van der Waals surface area contributed by atoms with Crippen LogP contribution in [0.2, 0.25) is 0 Å². The minimum Gasteiger partial charge on any atom is -0.389 e. The van der Waals surface area contributed by atoms with E-state index in [0.717, 1.165) is 0 Å². The third-order valence-corrected chi connectivity index (χ3v) is 10.6. The Morgan fingerprint density at radius 1 is 0.415 bits per heavy atom. The second-order valence-corrected chi connectivity index (χ2v) is 14.2. The molecule has 5 fully saturated rings. The van der Waals surface area contributed by atoms with Crippen molar-refractivity contribution in [1.82, 2.24) is 0 Å². The molecular formula is C29H58N8O16. The van der Waals surface area contributed by atoms with E-state index in [-0.39, 0.29) is 26.1 Å². The fourth-order valence-electron chi connectivity index (χ4n) is 7.22. The number of hydrogen-bond donors (Lipinski definition) is 16. The van der Waals surface area contributed by atoms with E-state index in [0.29, 0.717) is 0 Å². The number of aliphatic hydroxyl groups is 8. The molecule has 1 aliphatic carbocycles. The highest BCUT2D eigenvalue weighted by Gasteiger charge is 2.55. The molecule has 0 unspecified atom stereocenters. The van der Waals surface area contributed by atoms with Crippen LogP contribution in [0.4, 0.5) is 0 Å². The molecule has 4 saturated heterocycles. The molecule has 1 saturated carbocycles. The normalized spacial score (nSPS) is 53.9. The van der Waals surface area contributed by atoms with Gasteiger partial charge in [0.15, 0.2) is 25.2 Å². The van der Waals surface area contributed by atoms with Gasteiger partial charge in [0.05, 0.1) is 36.9 Å². The van der Waals surface area contributed by atoms with Crippen LogP contribution in [0, 0.1) is 0 Å². The predicted octanol–water partition coefficient (Wildman–Crippen LogP) is -11.1. The van der Waals surface area contributed by atoms with Crippen LogP contribution in [0.15, 0.2) is 0 Å². The number of nitrogens with two attached hydrogens (primary N) is 8. The maximum absolute atomic E-state index is 11.6. The monoisotopic (exact) mass is 774 g/mol.